The van der Waals surface area contributed by atoms with E-state index in [0.717, 1.165) is 37.1 Å². The third-order valence-corrected chi connectivity index (χ3v) is 3.14. The van der Waals surface area contributed by atoms with E-state index in [1.807, 2.05) is 0 Å². The molecule has 1 heterocycles. The Hall–Kier alpha value is -1.69. The van der Waals surface area contributed by atoms with Crippen LogP contribution < -0.4 is 11.1 Å². The maximum atomic E-state index is 11.5. The molecule has 20 heavy (non-hydrogen) atoms. The van der Waals surface area contributed by atoms with Crippen molar-refractivity contribution in [2.75, 3.05) is 19.6 Å². The van der Waals surface area contributed by atoms with Crippen LogP contribution in [0.5, 0.6) is 0 Å². The SMILES string of the molecule is NCCCCCCNC(=O)CCCN1C(=O)C=CC1=O. The van der Waals surface area contributed by atoms with Crippen molar-refractivity contribution in [3.8, 4) is 0 Å². The molecule has 1 aliphatic heterocycles. The molecule has 112 valence electrons. The predicted molar refractivity (Wildman–Crippen MR) is 75.6 cm³/mol. The van der Waals surface area contributed by atoms with Crippen LogP contribution in [0.4, 0.5) is 0 Å². The van der Waals surface area contributed by atoms with Crippen molar-refractivity contribution in [1.29, 1.82) is 0 Å². The average Bonchev–Trinajstić information content (AvgIpc) is 2.74. The summed E-state index contributed by atoms with van der Waals surface area (Å²) >= 11 is 0. The third kappa shape index (κ3) is 5.97. The molecule has 1 aliphatic rings. The number of hydrogen-bond acceptors (Lipinski definition) is 4. The zero-order valence-electron chi connectivity index (χ0n) is 11.8. The molecular weight excluding hydrogens is 258 g/mol. The van der Waals surface area contributed by atoms with E-state index < -0.39 is 0 Å². The van der Waals surface area contributed by atoms with E-state index in [2.05, 4.69) is 5.32 Å². The number of amides is 3. The fourth-order valence-electron chi connectivity index (χ4n) is 1.99. The highest BCUT2D eigenvalue weighted by molar-refractivity contribution is 6.12. The van der Waals surface area contributed by atoms with E-state index >= 15 is 0 Å². The van der Waals surface area contributed by atoms with Crippen LogP contribution in [0.1, 0.15) is 38.5 Å². The second-order valence-corrected chi connectivity index (χ2v) is 4.82. The second kappa shape index (κ2) is 9.25. The molecule has 1 rings (SSSR count). The van der Waals surface area contributed by atoms with Crippen molar-refractivity contribution >= 4 is 17.7 Å². The molecule has 0 saturated carbocycles. The van der Waals surface area contributed by atoms with Gasteiger partial charge in [-0.2, -0.15) is 0 Å². The number of carbonyl (C=O) groups is 3. The van der Waals surface area contributed by atoms with Crippen LogP contribution >= 0.6 is 0 Å². The smallest absolute Gasteiger partial charge is 0.253 e. The predicted octanol–water partition coefficient (Wildman–Crippen LogP) is 0.327. The van der Waals surface area contributed by atoms with Crippen LogP contribution in [0.2, 0.25) is 0 Å². The highest BCUT2D eigenvalue weighted by Crippen LogP contribution is 2.05. The molecular formula is C14H23N3O3. The molecule has 0 bridgehead atoms. The lowest BCUT2D eigenvalue weighted by atomic mass is 10.2. The minimum Gasteiger partial charge on any atom is -0.356 e. The highest BCUT2D eigenvalue weighted by atomic mass is 16.2. The molecule has 0 radical (unpaired) electrons. The Morgan fingerprint density at radius 1 is 1.05 bits per heavy atom. The number of rotatable bonds is 10. The summed E-state index contributed by atoms with van der Waals surface area (Å²) < 4.78 is 0. The largest absolute Gasteiger partial charge is 0.356 e. The number of nitrogens with one attached hydrogen (secondary N) is 1. The normalized spacial score (nSPS) is 14.2. The van der Waals surface area contributed by atoms with Crippen molar-refractivity contribution in [2.24, 2.45) is 5.73 Å². The molecule has 0 spiro atoms. The van der Waals surface area contributed by atoms with E-state index in [1.54, 1.807) is 0 Å². The summed E-state index contributed by atoms with van der Waals surface area (Å²) in [6, 6.07) is 0. The van der Waals surface area contributed by atoms with Crippen molar-refractivity contribution in [3.05, 3.63) is 12.2 Å². The lowest BCUT2D eigenvalue weighted by molar-refractivity contribution is -0.137. The molecule has 0 aromatic carbocycles. The summed E-state index contributed by atoms with van der Waals surface area (Å²) in [5, 5.41) is 2.83. The van der Waals surface area contributed by atoms with E-state index in [1.165, 1.54) is 12.2 Å². The number of unbranched alkanes of at least 4 members (excludes halogenated alkanes) is 3. The maximum Gasteiger partial charge on any atom is 0.253 e. The monoisotopic (exact) mass is 281 g/mol. The molecule has 0 saturated heterocycles. The first-order valence-corrected chi connectivity index (χ1v) is 7.15. The van der Waals surface area contributed by atoms with Crippen LogP contribution in [-0.2, 0) is 14.4 Å². The summed E-state index contributed by atoms with van der Waals surface area (Å²) in [7, 11) is 0. The first kappa shape index (κ1) is 16.4. The van der Waals surface area contributed by atoms with E-state index in [-0.39, 0.29) is 17.7 Å². The van der Waals surface area contributed by atoms with Crippen LogP contribution in [0.3, 0.4) is 0 Å². The minimum atomic E-state index is -0.296. The topological polar surface area (TPSA) is 92.5 Å². The number of carbonyl (C=O) groups excluding carboxylic acids is 3. The summed E-state index contributed by atoms with van der Waals surface area (Å²) in [6.07, 6.45) is 7.49. The highest BCUT2D eigenvalue weighted by Gasteiger charge is 2.22. The Balaban J connectivity index is 2.00. The number of nitrogens with zero attached hydrogens (tertiary/aromatic N) is 1. The summed E-state index contributed by atoms with van der Waals surface area (Å²) in [5.41, 5.74) is 5.39. The Morgan fingerprint density at radius 2 is 1.70 bits per heavy atom. The lowest BCUT2D eigenvalue weighted by Gasteiger charge is -2.13. The average molecular weight is 281 g/mol. The van der Waals surface area contributed by atoms with Gasteiger partial charge in [-0.25, -0.2) is 0 Å². The summed E-state index contributed by atoms with van der Waals surface area (Å²) in [5.74, 6) is -0.624. The van der Waals surface area contributed by atoms with E-state index in [9.17, 15) is 14.4 Å². The van der Waals surface area contributed by atoms with Crippen molar-refractivity contribution in [2.45, 2.75) is 38.5 Å². The fourth-order valence-corrected chi connectivity index (χ4v) is 1.99. The molecule has 3 amide bonds. The van der Waals surface area contributed by atoms with Gasteiger partial charge < -0.3 is 11.1 Å². The fraction of sp³-hybridized carbons (Fsp3) is 0.643. The van der Waals surface area contributed by atoms with Crippen molar-refractivity contribution < 1.29 is 14.4 Å². The zero-order valence-corrected chi connectivity index (χ0v) is 11.8. The van der Waals surface area contributed by atoms with Gasteiger partial charge in [-0.1, -0.05) is 12.8 Å². The molecule has 6 heteroatoms. The Morgan fingerprint density at radius 3 is 2.35 bits per heavy atom. The Kier molecular flexibility index (Phi) is 7.57. The first-order valence-electron chi connectivity index (χ1n) is 7.15. The lowest BCUT2D eigenvalue weighted by Crippen LogP contribution is -2.32. The van der Waals surface area contributed by atoms with Gasteiger partial charge in [0, 0.05) is 31.7 Å². The molecule has 0 fully saturated rings. The minimum absolute atomic E-state index is 0.0316. The van der Waals surface area contributed by atoms with Gasteiger partial charge in [0.05, 0.1) is 0 Å². The Labute approximate surface area is 119 Å². The molecule has 0 aromatic rings. The molecule has 0 unspecified atom stereocenters. The van der Waals surface area contributed by atoms with Crippen LogP contribution in [0.15, 0.2) is 12.2 Å². The summed E-state index contributed by atoms with van der Waals surface area (Å²) in [4.78, 5) is 35.2. The maximum absolute atomic E-state index is 11.5. The van der Waals surface area contributed by atoms with Gasteiger partial charge in [-0.05, 0) is 25.8 Å². The zero-order chi connectivity index (χ0) is 14.8. The second-order valence-electron chi connectivity index (χ2n) is 4.82. The van der Waals surface area contributed by atoms with Gasteiger partial charge in [0.25, 0.3) is 11.8 Å². The number of nitrogens with two attached hydrogens (primary N) is 1. The van der Waals surface area contributed by atoms with Crippen LogP contribution in [0.25, 0.3) is 0 Å². The van der Waals surface area contributed by atoms with Crippen molar-refractivity contribution in [1.82, 2.24) is 10.2 Å². The molecule has 0 atom stereocenters. The molecule has 0 aliphatic carbocycles. The van der Waals surface area contributed by atoms with Gasteiger partial charge in [-0.3, -0.25) is 19.3 Å². The third-order valence-electron chi connectivity index (χ3n) is 3.14. The number of hydrogen-bond donors (Lipinski definition) is 2. The van der Waals surface area contributed by atoms with Gasteiger partial charge in [0.2, 0.25) is 5.91 Å². The van der Waals surface area contributed by atoms with Gasteiger partial charge in [0.1, 0.15) is 0 Å². The van der Waals surface area contributed by atoms with E-state index in [0.29, 0.717) is 25.9 Å². The van der Waals surface area contributed by atoms with Crippen molar-refractivity contribution in [3.63, 3.8) is 0 Å². The molecule has 6 nitrogen and oxygen atoms in total. The quantitative estimate of drug-likeness (QED) is 0.446. The Bertz CT molecular complexity index is 362. The van der Waals surface area contributed by atoms with E-state index in [4.69, 9.17) is 5.73 Å². The standard InChI is InChI=1S/C14H23N3O3/c15-9-3-1-2-4-10-16-12(18)6-5-11-17-13(19)7-8-14(17)20/h7-8H,1-6,9-11,15H2,(H,16,18). The van der Waals surface area contributed by atoms with Crippen LogP contribution in [0, 0.1) is 0 Å². The first-order chi connectivity index (χ1) is 9.65. The molecule has 0 aromatic heterocycles. The van der Waals surface area contributed by atoms with Gasteiger partial charge in [-0.15, -0.1) is 0 Å². The van der Waals surface area contributed by atoms with Crippen LogP contribution in [-0.4, -0.2) is 42.3 Å². The number of imide groups is 1. The molecule has 3 N–H and O–H groups in total. The van der Waals surface area contributed by atoms with Gasteiger partial charge in [0.15, 0.2) is 0 Å². The summed E-state index contributed by atoms with van der Waals surface area (Å²) in [6.45, 7) is 1.69. The van der Waals surface area contributed by atoms with Gasteiger partial charge >= 0.3 is 0 Å².